The highest BCUT2D eigenvalue weighted by molar-refractivity contribution is 7.13. The number of nitrogens with one attached hydrogen (secondary N) is 2. The number of nitrogens with zero attached hydrogens (tertiary/aromatic N) is 1. The molecule has 2 N–H and O–H groups in total. The highest BCUT2D eigenvalue weighted by Crippen LogP contribution is 2.28. The van der Waals surface area contributed by atoms with Gasteiger partial charge < -0.3 is 4.98 Å². The molecule has 2 aromatic heterocycles. The number of aromatic amines is 1. The molecule has 0 saturated heterocycles. The average Bonchev–Trinajstić information content (AvgIpc) is 3.00. The summed E-state index contributed by atoms with van der Waals surface area (Å²) in [5, 5.41) is 5.28. The van der Waals surface area contributed by atoms with Gasteiger partial charge in [0.2, 0.25) is 5.43 Å². The minimum absolute atomic E-state index is 0.127. The lowest BCUT2D eigenvalue weighted by molar-refractivity contribution is 0.102. The Morgan fingerprint density at radius 3 is 2.78 bits per heavy atom. The normalized spacial score (nSPS) is 11.1. The van der Waals surface area contributed by atoms with Gasteiger partial charge in [0.15, 0.2) is 5.13 Å². The van der Waals surface area contributed by atoms with Crippen molar-refractivity contribution < 1.29 is 4.79 Å². The third-order valence-electron chi connectivity index (χ3n) is 3.09. The van der Waals surface area contributed by atoms with Crippen LogP contribution in [0.1, 0.15) is 20.9 Å². The van der Waals surface area contributed by atoms with E-state index in [-0.39, 0.29) is 16.6 Å². The highest BCUT2D eigenvalue weighted by atomic mass is 35.5. The second kappa shape index (κ2) is 6.49. The summed E-state index contributed by atoms with van der Waals surface area (Å²) in [7, 11) is 0. The van der Waals surface area contributed by atoms with Crippen LogP contribution in [0.3, 0.4) is 0 Å². The Hall–Kier alpha value is -1.60. The van der Waals surface area contributed by atoms with Gasteiger partial charge in [0.1, 0.15) is 10.4 Å². The summed E-state index contributed by atoms with van der Waals surface area (Å²) in [6, 6.07) is 4.73. The molecule has 0 atom stereocenters. The lowest BCUT2D eigenvalue weighted by Crippen LogP contribution is -2.25. The number of anilines is 1. The van der Waals surface area contributed by atoms with Crippen molar-refractivity contribution in [1.29, 1.82) is 0 Å². The van der Waals surface area contributed by atoms with Gasteiger partial charge in [-0.3, -0.25) is 14.9 Å². The Morgan fingerprint density at radius 2 is 2.13 bits per heavy atom. The van der Waals surface area contributed by atoms with E-state index >= 15 is 0 Å². The third kappa shape index (κ3) is 3.21. The molecule has 0 radical (unpaired) electrons. The maximum atomic E-state index is 12.7. The number of fused-ring (bicyclic) bond motifs is 1. The molecule has 2 heterocycles. The van der Waals surface area contributed by atoms with Crippen molar-refractivity contribution in [3.8, 4) is 0 Å². The first-order valence-electron chi connectivity index (χ1n) is 6.32. The molecule has 0 fully saturated rings. The fourth-order valence-corrected chi connectivity index (χ4v) is 3.14. The fraction of sp³-hybridized carbons (Fsp3) is 0.0714. The van der Waals surface area contributed by atoms with E-state index in [1.807, 2.05) is 0 Å². The van der Waals surface area contributed by atoms with Crippen LogP contribution in [0, 0.1) is 0 Å². The summed E-state index contributed by atoms with van der Waals surface area (Å²) in [5.41, 5.74) is -0.0460. The quantitative estimate of drug-likeness (QED) is 0.654. The molecule has 0 aliphatic heterocycles. The van der Waals surface area contributed by atoms with Gasteiger partial charge in [-0.15, -0.1) is 11.3 Å². The SMILES string of the molecule is O=C(Nc1nccs1)c1c(C(Cl)Cl)[nH]c2ccc(Cl)cc2c1=O. The molecule has 1 amide bonds. The molecule has 23 heavy (non-hydrogen) atoms. The van der Waals surface area contributed by atoms with Crippen molar-refractivity contribution in [2.24, 2.45) is 0 Å². The van der Waals surface area contributed by atoms with Gasteiger partial charge in [-0.2, -0.15) is 0 Å². The molecule has 0 bridgehead atoms. The van der Waals surface area contributed by atoms with E-state index in [0.717, 1.165) is 0 Å². The molecular weight excluding hydrogens is 381 g/mol. The minimum atomic E-state index is -1.07. The predicted molar refractivity (Wildman–Crippen MR) is 94.1 cm³/mol. The van der Waals surface area contributed by atoms with E-state index in [4.69, 9.17) is 34.8 Å². The van der Waals surface area contributed by atoms with Crippen LogP contribution in [0.5, 0.6) is 0 Å². The zero-order valence-corrected chi connectivity index (χ0v) is 14.4. The van der Waals surface area contributed by atoms with Crippen molar-refractivity contribution in [2.75, 3.05) is 5.32 Å². The number of H-pyrrole nitrogens is 1. The first-order valence-corrected chi connectivity index (χ1v) is 8.45. The smallest absolute Gasteiger partial charge is 0.263 e. The van der Waals surface area contributed by atoms with Crippen LogP contribution in [0.25, 0.3) is 10.9 Å². The van der Waals surface area contributed by atoms with Crippen LogP contribution in [0.4, 0.5) is 5.13 Å². The van der Waals surface area contributed by atoms with Crippen molar-refractivity contribution >= 4 is 68.1 Å². The van der Waals surface area contributed by atoms with Crippen molar-refractivity contribution in [2.45, 2.75) is 4.84 Å². The molecule has 3 aromatic rings. The molecule has 0 unspecified atom stereocenters. The van der Waals surface area contributed by atoms with E-state index in [0.29, 0.717) is 15.7 Å². The monoisotopic (exact) mass is 387 g/mol. The average molecular weight is 389 g/mol. The Bertz CT molecular complexity index is 938. The molecular formula is C14H8Cl3N3O2S. The minimum Gasteiger partial charge on any atom is -0.355 e. The molecule has 1 aromatic carbocycles. The first kappa shape index (κ1) is 16.3. The summed E-state index contributed by atoms with van der Waals surface area (Å²) in [6.45, 7) is 0. The highest BCUT2D eigenvalue weighted by Gasteiger charge is 2.23. The van der Waals surface area contributed by atoms with Gasteiger partial charge in [-0.1, -0.05) is 34.8 Å². The first-order chi connectivity index (χ1) is 11.0. The number of carbonyl (C=O) groups excluding carboxylic acids is 1. The lowest BCUT2D eigenvalue weighted by atomic mass is 10.1. The van der Waals surface area contributed by atoms with Gasteiger partial charge in [0.25, 0.3) is 5.91 Å². The maximum absolute atomic E-state index is 12.7. The zero-order chi connectivity index (χ0) is 16.6. The molecule has 9 heteroatoms. The maximum Gasteiger partial charge on any atom is 0.263 e. The van der Waals surface area contributed by atoms with Crippen LogP contribution < -0.4 is 10.7 Å². The number of amides is 1. The summed E-state index contributed by atoms with van der Waals surface area (Å²) >= 11 is 19.0. The number of aromatic nitrogens is 2. The Morgan fingerprint density at radius 1 is 1.35 bits per heavy atom. The van der Waals surface area contributed by atoms with Gasteiger partial charge in [-0.25, -0.2) is 4.98 Å². The van der Waals surface area contributed by atoms with E-state index < -0.39 is 16.2 Å². The number of hydrogen-bond acceptors (Lipinski definition) is 4. The van der Waals surface area contributed by atoms with Crippen LogP contribution in [-0.4, -0.2) is 15.9 Å². The largest absolute Gasteiger partial charge is 0.355 e. The molecule has 0 saturated carbocycles. The van der Waals surface area contributed by atoms with E-state index in [1.54, 1.807) is 17.5 Å². The number of thiazole rings is 1. The van der Waals surface area contributed by atoms with Crippen LogP contribution in [-0.2, 0) is 0 Å². The fourth-order valence-electron chi connectivity index (χ4n) is 2.11. The Balaban J connectivity index is 2.20. The number of carbonyl (C=O) groups is 1. The number of halogens is 3. The van der Waals surface area contributed by atoms with Crippen LogP contribution in [0.2, 0.25) is 5.02 Å². The standard InChI is InChI=1S/C14H8Cl3N3O2S/c15-6-1-2-8-7(5-6)11(21)9(10(19-8)12(16)17)13(22)20-14-18-3-4-23-14/h1-5,12H,(H,19,21)(H,18,20,22). The van der Waals surface area contributed by atoms with E-state index in [1.165, 1.54) is 23.6 Å². The molecule has 5 nitrogen and oxygen atoms in total. The molecule has 0 aliphatic rings. The third-order valence-corrected chi connectivity index (χ3v) is 4.45. The van der Waals surface area contributed by atoms with Crippen molar-refractivity contribution in [1.82, 2.24) is 9.97 Å². The molecule has 118 valence electrons. The number of benzene rings is 1. The Labute approximate surface area is 149 Å². The van der Waals surface area contributed by atoms with Crippen molar-refractivity contribution in [3.63, 3.8) is 0 Å². The zero-order valence-electron chi connectivity index (χ0n) is 11.3. The lowest BCUT2D eigenvalue weighted by Gasteiger charge is -2.11. The molecule has 3 rings (SSSR count). The Kier molecular flexibility index (Phi) is 4.59. The van der Waals surface area contributed by atoms with Gasteiger partial charge in [0, 0.05) is 27.5 Å². The topological polar surface area (TPSA) is 74.8 Å². The van der Waals surface area contributed by atoms with E-state index in [9.17, 15) is 9.59 Å². The van der Waals surface area contributed by atoms with Gasteiger partial charge >= 0.3 is 0 Å². The second-order valence-electron chi connectivity index (χ2n) is 4.52. The van der Waals surface area contributed by atoms with Crippen LogP contribution in [0.15, 0.2) is 34.6 Å². The van der Waals surface area contributed by atoms with Crippen molar-refractivity contribution in [3.05, 3.63) is 56.3 Å². The van der Waals surface area contributed by atoms with Crippen LogP contribution >= 0.6 is 46.1 Å². The molecule has 0 spiro atoms. The summed E-state index contributed by atoms with van der Waals surface area (Å²) in [5.74, 6) is -0.635. The number of pyridine rings is 1. The summed E-state index contributed by atoms with van der Waals surface area (Å²) in [6.07, 6.45) is 1.54. The second-order valence-corrected chi connectivity index (χ2v) is 6.95. The summed E-state index contributed by atoms with van der Waals surface area (Å²) < 4.78 is 0. The number of rotatable bonds is 3. The van der Waals surface area contributed by atoms with E-state index in [2.05, 4.69) is 15.3 Å². The molecule has 0 aliphatic carbocycles. The van der Waals surface area contributed by atoms with Gasteiger partial charge in [0.05, 0.1) is 5.69 Å². The predicted octanol–water partition coefficient (Wildman–Crippen LogP) is 4.37. The number of hydrogen-bond donors (Lipinski definition) is 2. The number of alkyl halides is 2. The summed E-state index contributed by atoms with van der Waals surface area (Å²) in [4.78, 5) is 31.0. The van der Waals surface area contributed by atoms with Gasteiger partial charge in [-0.05, 0) is 18.2 Å².